The van der Waals surface area contributed by atoms with Gasteiger partial charge < -0.3 is 9.84 Å². The third kappa shape index (κ3) is 13.5. The van der Waals surface area contributed by atoms with E-state index in [1.807, 2.05) is 6.08 Å². The Kier molecular flexibility index (Phi) is 22.7. The molecule has 0 aliphatic carbocycles. The van der Waals surface area contributed by atoms with Gasteiger partial charge in [0.15, 0.2) is 5.78 Å². The first-order valence-corrected chi connectivity index (χ1v) is 23.2. The second-order valence-corrected chi connectivity index (χ2v) is 17.6. The molecule has 0 aliphatic heterocycles. The first-order valence-electron chi connectivity index (χ1n) is 23.2. The van der Waals surface area contributed by atoms with Gasteiger partial charge in [-0.25, -0.2) is 0 Å². The molecule has 3 heteroatoms. The largest absolute Gasteiger partial charge is 0.507 e. The highest BCUT2D eigenvalue weighted by molar-refractivity contribution is 6.10. The number of ether oxygens (including phenoxy) is 1. The van der Waals surface area contributed by atoms with Gasteiger partial charge in [0.05, 0.1) is 7.11 Å². The van der Waals surface area contributed by atoms with Crippen molar-refractivity contribution in [1.82, 2.24) is 0 Å². The zero-order valence-electron chi connectivity index (χ0n) is 38.3. The minimum Gasteiger partial charge on any atom is -0.507 e. The monoisotopic (exact) mass is 759 g/mol. The molecule has 0 amide bonds. The summed E-state index contributed by atoms with van der Waals surface area (Å²) in [6, 6.07) is 4.62. The van der Waals surface area contributed by atoms with E-state index in [1.54, 1.807) is 7.11 Å². The number of carbonyl (C=O) groups is 1. The van der Waals surface area contributed by atoms with Gasteiger partial charge >= 0.3 is 0 Å². The van der Waals surface area contributed by atoms with Crippen molar-refractivity contribution in [2.45, 2.75) is 234 Å². The van der Waals surface area contributed by atoms with Gasteiger partial charge in [0, 0.05) is 22.3 Å². The second-order valence-electron chi connectivity index (χ2n) is 17.6. The number of methoxy groups -OCH3 is 1. The van der Waals surface area contributed by atoms with Crippen LogP contribution < -0.4 is 4.74 Å². The van der Waals surface area contributed by atoms with Crippen LogP contribution in [-0.2, 0) is 0 Å². The lowest BCUT2D eigenvalue weighted by atomic mass is 9.71. The van der Waals surface area contributed by atoms with Crippen molar-refractivity contribution in [1.29, 1.82) is 0 Å². The van der Waals surface area contributed by atoms with Crippen LogP contribution >= 0.6 is 0 Å². The maximum atomic E-state index is 15.5. The zero-order chi connectivity index (χ0) is 41.1. The molecule has 0 aliphatic rings. The molecule has 0 saturated heterocycles. The van der Waals surface area contributed by atoms with Crippen LogP contribution in [-0.4, -0.2) is 18.0 Å². The fraction of sp³-hybridized carbons (Fsp3) is 0.712. The Morgan fingerprint density at radius 2 is 0.891 bits per heavy atom. The van der Waals surface area contributed by atoms with Crippen LogP contribution in [0.5, 0.6) is 11.5 Å². The van der Waals surface area contributed by atoms with E-state index < -0.39 is 0 Å². The third-order valence-corrected chi connectivity index (χ3v) is 12.7. The van der Waals surface area contributed by atoms with Crippen LogP contribution in [0.25, 0.3) is 6.08 Å². The number of allylic oxidation sites excluding steroid dienone is 1. The van der Waals surface area contributed by atoms with Crippen molar-refractivity contribution in [2.75, 3.05) is 7.11 Å². The van der Waals surface area contributed by atoms with Crippen LogP contribution in [0, 0.1) is 0 Å². The van der Waals surface area contributed by atoms with Crippen LogP contribution in [0.15, 0.2) is 18.2 Å². The van der Waals surface area contributed by atoms with Crippen LogP contribution in [0.3, 0.4) is 0 Å². The number of unbranched alkanes of at least 4 members (excludes halogenated alkanes) is 6. The Labute approximate surface area is 340 Å². The number of phenols is 1. The van der Waals surface area contributed by atoms with Crippen LogP contribution in [0.2, 0.25) is 0 Å². The molecule has 0 aromatic heterocycles. The van der Waals surface area contributed by atoms with Crippen molar-refractivity contribution in [2.24, 2.45) is 0 Å². The number of aromatic hydroxyl groups is 1. The number of carbonyl (C=O) groups excluding carboxylic acids is 1. The van der Waals surface area contributed by atoms with E-state index in [2.05, 4.69) is 101 Å². The molecule has 0 fully saturated rings. The summed E-state index contributed by atoms with van der Waals surface area (Å²) in [7, 11) is 1.80. The lowest BCUT2D eigenvalue weighted by Gasteiger charge is -2.33. The maximum absolute atomic E-state index is 15.5. The minimum absolute atomic E-state index is 0.0974. The summed E-state index contributed by atoms with van der Waals surface area (Å²) in [6.07, 6.45) is 23.9. The summed E-state index contributed by atoms with van der Waals surface area (Å²) in [4.78, 5) is 15.5. The van der Waals surface area contributed by atoms with Gasteiger partial charge in [-0.2, -0.15) is 0 Å². The molecule has 6 unspecified atom stereocenters. The Morgan fingerprint density at radius 3 is 1.25 bits per heavy atom. The molecule has 1 N–H and O–H groups in total. The molecule has 0 spiro atoms. The first kappa shape index (κ1) is 48.6. The summed E-state index contributed by atoms with van der Waals surface area (Å²) < 4.78 is 6.17. The van der Waals surface area contributed by atoms with Crippen molar-refractivity contribution in [3.05, 3.63) is 62.7 Å². The van der Waals surface area contributed by atoms with E-state index in [9.17, 15) is 5.11 Å². The number of hydrogen-bond acceptors (Lipinski definition) is 3. The smallest absolute Gasteiger partial charge is 0.186 e. The van der Waals surface area contributed by atoms with E-state index in [-0.39, 0.29) is 29.5 Å². The van der Waals surface area contributed by atoms with E-state index in [1.165, 1.54) is 24.0 Å². The molecule has 3 nitrogen and oxygen atoms in total. The molecule has 312 valence electrons. The van der Waals surface area contributed by atoms with Crippen LogP contribution in [0.1, 0.15) is 283 Å². The fourth-order valence-corrected chi connectivity index (χ4v) is 9.09. The highest BCUT2D eigenvalue weighted by Gasteiger charge is 2.34. The van der Waals surface area contributed by atoms with E-state index in [4.69, 9.17) is 4.74 Å². The van der Waals surface area contributed by atoms with Crippen molar-refractivity contribution in [3.63, 3.8) is 0 Å². The number of benzene rings is 2. The lowest BCUT2D eigenvalue weighted by molar-refractivity contribution is 0.104. The summed E-state index contributed by atoms with van der Waals surface area (Å²) in [5.41, 5.74) is 8.89. The number of rotatable bonds is 28. The van der Waals surface area contributed by atoms with Crippen LogP contribution in [0.4, 0.5) is 0 Å². The summed E-state index contributed by atoms with van der Waals surface area (Å²) >= 11 is 0. The van der Waals surface area contributed by atoms with E-state index >= 15 is 4.79 Å². The molecular weight excluding hydrogens is 673 g/mol. The molecule has 0 saturated carbocycles. The SMILES string of the molecule is CCCCC(C)c1cc(/C=C/C(=O)c2c(C(C)CCCC)c(C(C)CCCC)c(O)c(C(C)CCCC)c2C(C)CCCC)c(C(C)CCCC)c(OC)c1. The number of hydrogen-bond donors (Lipinski definition) is 1. The van der Waals surface area contributed by atoms with Gasteiger partial charge in [-0.05, 0) is 108 Å². The third-order valence-electron chi connectivity index (χ3n) is 12.7. The topological polar surface area (TPSA) is 46.5 Å². The predicted molar refractivity (Wildman–Crippen MR) is 242 cm³/mol. The van der Waals surface area contributed by atoms with Gasteiger partial charge in [0.2, 0.25) is 0 Å². The predicted octanol–water partition coefficient (Wildman–Crippen LogP) is 17.1. The lowest BCUT2D eigenvalue weighted by Crippen LogP contribution is -2.19. The highest BCUT2D eigenvalue weighted by Crippen LogP contribution is 2.50. The molecule has 0 heterocycles. The van der Waals surface area contributed by atoms with Crippen molar-refractivity contribution < 1.29 is 14.6 Å². The number of phenolic OH excluding ortho intramolecular Hbond substituents is 1. The Balaban J connectivity index is 3.14. The average molecular weight is 759 g/mol. The van der Waals surface area contributed by atoms with Gasteiger partial charge in [-0.3, -0.25) is 4.79 Å². The zero-order valence-corrected chi connectivity index (χ0v) is 38.3. The Morgan fingerprint density at radius 1 is 0.545 bits per heavy atom. The molecule has 0 radical (unpaired) electrons. The van der Waals surface area contributed by atoms with E-state index in [0.717, 1.165) is 142 Å². The summed E-state index contributed by atoms with van der Waals surface area (Å²) in [5, 5.41) is 12.7. The number of ketones is 1. The Hall–Kier alpha value is -2.55. The van der Waals surface area contributed by atoms with Crippen molar-refractivity contribution in [3.8, 4) is 11.5 Å². The molecule has 0 bridgehead atoms. The molecule has 55 heavy (non-hydrogen) atoms. The molecule has 2 aromatic carbocycles. The second kappa shape index (κ2) is 25.7. The summed E-state index contributed by atoms with van der Waals surface area (Å²) in [6.45, 7) is 27.4. The van der Waals surface area contributed by atoms with Gasteiger partial charge in [-0.15, -0.1) is 0 Å². The molecule has 6 atom stereocenters. The fourth-order valence-electron chi connectivity index (χ4n) is 9.09. The van der Waals surface area contributed by atoms with Gasteiger partial charge in [-0.1, -0.05) is 172 Å². The van der Waals surface area contributed by atoms with E-state index in [0.29, 0.717) is 17.6 Å². The summed E-state index contributed by atoms with van der Waals surface area (Å²) in [5.74, 6) is 2.93. The Bertz CT molecular complexity index is 1400. The maximum Gasteiger partial charge on any atom is 0.186 e. The normalized spacial score (nSPS) is 15.2. The standard InChI is InChI=1S/C52H86O3/c1-14-20-26-36(7)43-34-42(46(45(35-43)55-13)37(8)27-21-15-2)32-33-44(53)51-47(38(9)28-22-16-3)49(40(11)30-24-18-5)52(54)50(41(12)31-25-19-6)48(51)39(10)29-23-17-4/h32-41,54H,14-31H2,1-13H3/b33-32+. The van der Waals surface area contributed by atoms with Crippen molar-refractivity contribution >= 4 is 11.9 Å². The quantitative estimate of drug-likeness (QED) is 0.0694. The highest BCUT2D eigenvalue weighted by atomic mass is 16.5. The molecular formula is C52H86O3. The van der Waals surface area contributed by atoms with Gasteiger partial charge in [0.25, 0.3) is 0 Å². The molecule has 2 aromatic rings. The minimum atomic E-state index is 0.0974. The molecule has 2 rings (SSSR count). The van der Waals surface area contributed by atoms with Gasteiger partial charge in [0.1, 0.15) is 11.5 Å². The first-order chi connectivity index (χ1) is 26.4. The average Bonchev–Trinajstić information content (AvgIpc) is 3.18.